The van der Waals surface area contributed by atoms with Crippen LogP contribution in [0.15, 0.2) is 35.2 Å². The van der Waals surface area contributed by atoms with Gasteiger partial charge in [-0.05, 0) is 47.6 Å². The first-order valence-electron chi connectivity index (χ1n) is 13.7. The van der Waals surface area contributed by atoms with Crippen molar-refractivity contribution in [3.05, 3.63) is 36.3 Å². The first-order valence-corrected chi connectivity index (χ1v) is 13.7. The Hall–Kier alpha value is -2.41. The molecule has 2 saturated carbocycles. The third kappa shape index (κ3) is 2.62. The maximum absolute atomic E-state index is 13.5. The van der Waals surface area contributed by atoms with Gasteiger partial charge < -0.3 is 19.0 Å². The first-order chi connectivity index (χ1) is 17.4. The Balaban J connectivity index is 1.83. The number of allylic oxidation sites excluding steroid dienone is 2. The lowest BCUT2D eigenvalue weighted by Crippen LogP contribution is -2.80. The SMILES string of the molecule is CC(=O)O[C@@H]1C[C@@]2(C)C(C)(C)C(=O)C=C[C@]2(C)[C@@]2(C)CC[C@@]3(C)[C@H](c4ccoc4)OC(=O)[C@@H](O)[C@]3(C)[C@]12C. The van der Waals surface area contributed by atoms with Crippen LogP contribution in [0.25, 0.3) is 0 Å². The number of hydrogen-bond acceptors (Lipinski definition) is 7. The zero-order valence-corrected chi connectivity index (χ0v) is 24.1. The number of hydrogen-bond donors (Lipinski definition) is 1. The summed E-state index contributed by atoms with van der Waals surface area (Å²) in [4.78, 5) is 39.4. The van der Waals surface area contributed by atoms with Gasteiger partial charge in [-0.1, -0.05) is 61.5 Å². The van der Waals surface area contributed by atoms with Crippen LogP contribution < -0.4 is 0 Å². The number of carbonyl (C=O) groups excluding carboxylic acids is 3. The zero-order chi connectivity index (χ0) is 28.3. The van der Waals surface area contributed by atoms with E-state index in [1.165, 1.54) is 6.92 Å². The molecule has 2 heterocycles. The van der Waals surface area contributed by atoms with E-state index in [-0.39, 0.29) is 5.78 Å². The van der Waals surface area contributed by atoms with Crippen molar-refractivity contribution in [3.8, 4) is 0 Å². The second-order valence-corrected chi connectivity index (χ2v) is 14.1. The maximum atomic E-state index is 13.5. The smallest absolute Gasteiger partial charge is 0.336 e. The highest BCUT2D eigenvalue weighted by atomic mass is 16.6. The lowest BCUT2D eigenvalue weighted by Gasteiger charge is -2.80. The molecule has 0 bridgehead atoms. The molecule has 0 radical (unpaired) electrons. The number of esters is 2. The van der Waals surface area contributed by atoms with Gasteiger partial charge in [0.15, 0.2) is 11.9 Å². The average Bonchev–Trinajstić information content (AvgIpc) is 3.37. The molecule has 7 heteroatoms. The summed E-state index contributed by atoms with van der Waals surface area (Å²) < 4.78 is 17.5. The van der Waals surface area contributed by atoms with E-state index < -0.39 is 68.2 Å². The number of aliphatic hydroxyl groups excluding tert-OH is 1. The van der Waals surface area contributed by atoms with Crippen molar-refractivity contribution in [1.82, 2.24) is 0 Å². The van der Waals surface area contributed by atoms with Gasteiger partial charge >= 0.3 is 11.9 Å². The number of aliphatic hydroxyl groups is 1. The van der Waals surface area contributed by atoms with Gasteiger partial charge in [0.1, 0.15) is 12.2 Å². The third-order valence-corrected chi connectivity index (χ3v) is 13.4. The predicted molar refractivity (Wildman–Crippen MR) is 140 cm³/mol. The van der Waals surface area contributed by atoms with E-state index in [0.29, 0.717) is 19.3 Å². The van der Waals surface area contributed by atoms with Gasteiger partial charge in [0.2, 0.25) is 0 Å². The molecular weight excluding hydrogens is 484 g/mol. The summed E-state index contributed by atoms with van der Waals surface area (Å²) in [6.07, 6.45) is 5.99. The van der Waals surface area contributed by atoms with Crippen LogP contribution in [0.2, 0.25) is 0 Å². The summed E-state index contributed by atoms with van der Waals surface area (Å²) in [6, 6.07) is 1.80. The molecule has 3 aliphatic carbocycles. The van der Waals surface area contributed by atoms with Crippen LogP contribution in [0.5, 0.6) is 0 Å². The van der Waals surface area contributed by atoms with Crippen molar-refractivity contribution in [2.24, 2.45) is 37.9 Å². The molecule has 4 aliphatic rings. The molecule has 0 spiro atoms. The summed E-state index contributed by atoms with van der Waals surface area (Å²) >= 11 is 0. The van der Waals surface area contributed by atoms with Crippen molar-refractivity contribution in [1.29, 1.82) is 0 Å². The molecule has 0 aromatic carbocycles. The molecule has 7 nitrogen and oxygen atoms in total. The van der Waals surface area contributed by atoms with E-state index in [4.69, 9.17) is 13.9 Å². The lowest BCUT2D eigenvalue weighted by molar-refractivity contribution is -0.356. The van der Waals surface area contributed by atoms with Crippen LogP contribution in [0.4, 0.5) is 0 Å². The van der Waals surface area contributed by atoms with Crippen LogP contribution in [-0.2, 0) is 23.9 Å². The second-order valence-electron chi connectivity index (χ2n) is 14.1. The average molecular weight is 527 g/mol. The molecule has 0 amide bonds. The molecule has 9 atom stereocenters. The van der Waals surface area contributed by atoms with E-state index in [2.05, 4.69) is 40.7 Å². The molecule has 3 fully saturated rings. The molecule has 1 aliphatic heterocycles. The van der Waals surface area contributed by atoms with E-state index in [0.717, 1.165) is 5.56 Å². The Morgan fingerprint density at radius 1 is 1.00 bits per heavy atom. The Morgan fingerprint density at radius 2 is 1.66 bits per heavy atom. The molecular formula is C31H42O7. The van der Waals surface area contributed by atoms with Crippen LogP contribution in [0, 0.1) is 37.9 Å². The number of ketones is 1. The van der Waals surface area contributed by atoms with E-state index in [9.17, 15) is 19.5 Å². The van der Waals surface area contributed by atoms with Gasteiger partial charge in [-0.3, -0.25) is 9.59 Å². The largest absolute Gasteiger partial charge is 0.472 e. The minimum atomic E-state index is -1.44. The molecule has 208 valence electrons. The molecule has 5 rings (SSSR count). The number of ether oxygens (including phenoxy) is 2. The summed E-state index contributed by atoms with van der Waals surface area (Å²) in [6.45, 7) is 18.1. The van der Waals surface area contributed by atoms with Gasteiger partial charge in [0.25, 0.3) is 0 Å². The number of rotatable bonds is 2. The number of furan rings is 1. The number of fused-ring (bicyclic) bond motifs is 5. The van der Waals surface area contributed by atoms with Gasteiger partial charge in [-0.15, -0.1) is 0 Å². The van der Waals surface area contributed by atoms with E-state index in [1.54, 1.807) is 24.7 Å². The molecule has 1 N–H and O–H groups in total. The Labute approximate surface area is 225 Å². The van der Waals surface area contributed by atoms with E-state index >= 15 is 0 Å². The quantitative estimate of drug-likeness (QED) is 0.503. The van der Waals surface area contributed by atoms with Crippen LogP contribution >= 0.6 is 0 Å². The molecule has 1 aromatic heterocycles. The molecule has 0 unspecified atom stereocenters. The molecule has 1 aromatic rings. The van der Waals surface area contributed by atoms with Crippen molar-refractivity contribution in [2.45, 2.75) is 99.9 Å². The first kappa shape index (κ1) is 27.2. The Kier molecular flexibility index (Phi) is 5.44. The summed E-state index contributed by atoms with van der Waals surface area (Å²) in [5.74, 6) is -1.05. The number of carbonyl (C=O) groups is 3. The standard InChI is InChI=1S/C31H42O7/c1-18(32)37-21-16-29(7)25(2,3)20(33)10-12-27(29,5)28(6)14-13-26(4)23(19-11-15-36-17-19)38-24(35)22(34)31(26,9)30(21,28)8/h10-12,15,17,21-23,34H,13-14,16H2,1-9H3/t21-,22-,23+,26+,27-,28-,29+,30-,31+/m1/s1. The highest BCUT2D eigenvalue weighted by Crippen LogP contribution is 2.83. The monoisotopic (exact) mass is 526 g/mol. The lowest BCUT2D eigenvalue weighted by atomic mass is 9.24. The number of cyclic esters (lactones) is 1. The molecule has 38 heavy (non-hydrogen) atoms. The van der Waals surface area contributed by atoms with Crippen molar-refractivity contribution >= 4 is 17.7 Å². The topological polar surface area (TPSA) is 103 Å². The highest BCUT2D eigenvalue weighted by Gasteiger charge is 2.83. The van der Waals surface area contributed by atoms with Crippen LogP contribution in [0.1, 0.15) is 93.2 Å². The Morgan fingerprint density at radius 3 is 2.24 bits per heavy atom. The predicted octanol–water partition coefficient (Wildman–Crippen LogP) is 5.57. The fourth-order valence-electron chi connectivity index (χ4n) is 9.84. The van der Waals surface area contributed by atoms with Gasteiger partial charge in [-0.25, -0.2) is 4.79 Å². The normalized spacial score (nSPS) is 49.4. The summed E-state index contributed by atoms with van der Waals surface area (Å²) in [5, 5.41) is 11.9. The fourth-order valence-corrected chi connectivity index (χ4v) is 9.84. The fraction of sp³-hybridized carbons (Fsp3) is 0.710. The summed E-state index contributed by atoms with van der Waals surface area (Å²) in [7, 11) is 0. The van der Waals surface area contributed by atoms with E-state index in [1.807, 2.05) is 20.8 Å². The zero-order valence-electron chi connectivity index (χ0n) is 24.1. The Bertz CT molecular complexity index is 1230. The van der Waals surface area contributed by atoms with Gasteiger partial charge in [0, 0.05) is 34.1 Å². The minimum absolute atomic E-state index is 0.0550. The second kappa shape index (κ2) is 7.61. The van der Waals surface area contributed by atoms with Crippen LogP contribution in [0.3, 0.4) is 0 Å². The van der Waals surface area contributed by atoms with Crippen molar-refractivity contribution in [2.75, 3.05) is 0 Å². The van der Waals surface area contributed by atoms with Crippen molar-refractivity contribution < 1.29 is 33.4 Å². The molecule has 1 saturated heterocycles. The van der Waals surface area contributed by atoms with Crippen molar-refractivity contribution in [3.63, 3.8) is 0 Å². The minimum Gasteiger partial charge on any atom is -0.472 e. The van der Waals surface area contributed by atoms with Crippen LogP contribution in [-0.4, -0.2) is 35.0 Å². The maximum Gasteiger partial charge on any atom is 0.336 e. The third-order valence-electron chi connectivity index (χ3n) is 13.4. The van der Waals surface area contributed by atoms with Gasteiger partial charge in [0.05, 0.1) is 12.5 Å². The van der Waals surface area contributed by atoms with Gasteiger partial charge in [-0.2, -0.15) is 0 Å². The highest BCUT2D eigenvalue weighted by molar-refractivity contribution is 5.96. The summed E-state index contributed by atoms with van der Waals surface area (Å²) in [5.41, 5.74) is -4.27.